The first kappa shape index (κ1) is 12.5. The summed E-state index contributed by atoms with van der Waals surface area (Å²) < 4.78 is 27.9. The number of halogens is 2. The van der Waals surface area contributed by atoms with Gasteiger partial charge in [0.15, 0.2) is 5.75 Å². The van der Waals surface area contributed by atoms with Crippen LogP contribution in [0.1, 0.15) is 25.6 Å². The third-order valence-electron chi connectivity index (χ3n) is 2.74. The Kier molecular flexibility index (Phi) is 3.07. The van der Waals surface area contributed by atoms with Gasteiger partial charge < -0.3 is 5.11 Å². The van der Waals surface area contributed by atoms with Crippen molar-refractivity contribution in [3.63, 3.8) is 0 Å². The molecule has 0 aliphatic carbocycles. The Hall–Kier alpha value is -1.91. The molecule has 0 amide bonds. The molecule has 2 rings (SSSR count). The minimum Gasteiger partial charge on any atom is -0.504 e. The summed E-state index contributed by atoms with van der Waals surface area (Å²) in [6.07, 6.45) is 0. The molecule has 0 fully saturated rings. The van der Waals surface area contributed by atoms with Crippen molar-refractivity contribution in [2.24, 2.45) is 0 Å². The van der Waals surface area contributed by atoms with Gasteiger partial charge in [0.25, 0.3) is 0 Å². The summed E-state index contributed by atoms with van der Waals surface area (Å²) in [5, 5.41) is 14.2. The van der Waals surface area contributed by atoms with Crippen LogP contribution in [0.3, 0.4) is 0 Å². The van der Waals surface area contributed by atoms with Gasteiger partial charge in [0.2, 0.25) is 0 Å². The molecule has 1 N–H and O–H groups in total. The first-order chi connectivity index (χ1) is 8.40. The molecule has 1 heterocycles. The van der Waals surface area contributed by atoms with Gasteiger partial charge in [-0.05, 0) is 32.9 Å². The van der Waals surface area contributed by atoms with Crippen LogP contribution in [0, 0.1) is 18.6 Å². The summed E-state index contributed by atoms with van der Waals surface area (Å²) in [6, 6.07) is 3.14. The van der Waals surface area contributed by atoms with Gasteiger partial charge in [-0.3, -0.25) is 4.68 Å². The van der Waals surface area contributed by atoms with E-state index in [1.54, 1.807) is 11.6 Å². The van der Waals surface area contributed by atoms with Gasteiger partial charge in [0.05, 0.1) is 5.69 Å². The van der Waals surface area contributed by atoms with E-state index in [1.165, 1.54) is 0 Å². The molecule has 5 heteroatoms. The fraction of sp³-hybridized carbons (Fsp3) is 0.308. The number of nitrogens with zero attached hydrogens (tertiary/aromatic N) is 2. The van der Waals surface area contributed by atoms with Crippen LogP contribution in [0.15, 0.2) is 18.2 Å². The number of hydrogen-bond acceptors (Lipinski definition) is 2. The van der Waals surface area contributed by atoms with Crippen molar-refractivity contribution < 1.29 is 13.9 Å². The normalized spacial score (nSPS) is 11.2. The maximum atomic E-state index is 13.2. The zero-order valence-corrected chi connectivity index (χ0v) is 10.4. The van der Waals surface area contributed by atoms with E-state index in [2.05, 4.69) is 5.10 Å². The molecule has 2 aromatic rings. The average molecular weight is 252 g/mol. The number of aromatic hydroxyl groups is 1. The van der Waals surface area contributed by atoms with Gasteiger partial charge in [-0.2, -0.15) is 5.10 Å². The number of aromatic nitrogens is 2. The molecule has 0 spiro atoms. The molecule has 3 nitrogen and oxygen atoms in total. The highest BCUT2D eigenvalue weighted by atomic mass is 19.1. The van der Waals surface area contributed by atoms with Crippen molar-refractivity contribution in [3.05, 3.63) is 35.5 Å². The SMILES string of the molecule is Cc1c(O)c(-c2cc(F)cc(F)c2)nn1C(C)C. The van der Waals surface area contributed by atoms with Crippen LogP contribution in [0.2, 0.25) is 0 Å². The lowest BCUT2D eigenvalue weighted by molar-refractivity contribution is 0.461. The van der Waals surface area contributed by atoms with Crippen molar-refractivity contribution in [1.82, 2.24) is 9.78 Å². The Morgan fingerprint density at radius 2 is 1.72 bits per heavy atom. The monoisotopic (exact) mass is 252 g/mol. The molecule has 1 aromatic carbocycles. The Morgan fingerprint density at radius 1 is 1.17 bits per heavy atom. The van der Waals surface area contributed by atoms with Crippen LogP contribution in [0.4, 0.5) is 8.78 Å². The maximum Gasteiger partial charge on any atom is 0.164 e. The van der Waals surface area contributed by atoms with Crippen LogP contribution >= 0.6 is 0 Å². The fourth-order valence-electron chi connectivity index (χ4n) is 1.90. The van der Waals surface area contributed by atoms with Crippen LogP contribution in [0.25, 0.3) is 11.3 Å². The van der Waals surface area contributed by atoms with E-state index in [9.17, 15) is 13.9 Å². The molecule has 96 valence electrons. The van der Waals surface area contributed by atoms with E-state index < -0.39 is 11.6 Å². The molecule has 0 saturated carbocycles. The number of rotatable bonds is 2. The number of benzene rings is 1. The van der Waals surface area contributed by atoms with Crippen molar-refractivity contribution in [1.29, 1.82) is 0 Å². The highest BCUT2D eigenvalue weighted by molar-refractivity contribution is 5.67. The second-order valence-corrected chi connectivity index (χ2v) is 4.48. The van der Waals surface area contributed by atoms with E-state index in [4.69, 9.17) is 0 Å². The zero-order valence-electron chi connectivity index (χ0n) is 10.4. The van der Waals surface area contributed by atoms with Crippen LogP contribution in [-0.2, 0) is 0 Å². The highest BCUT2D eigenvalue weighted by Crippen LogP contribution is 2.33. The van der Waals surface area contributed by atoms with Crippen LogP contribution < -0.4 is 0 Å². The molecule has 0 atom stereocenters. The van der Waals surface area contributed by atoms with E-state index >= 15 is 0 Å². The predicted octanol–water partition coefficient (Wildman–Crippen LogP) is 3.42. The Balaban J connectivity index is 2.60. The minimum atomic E-state index is -0.693. The summed E-state index contributed by atoms with van der Waals surface area (Å²) in [4.78, 5) is 0. The zero-order chi connectivity index (χ0) is 13.4. The van der Waals surface area contributed by atoms with Gasteiger partial charge in [-0.15, -0.1) is 0 Å². The van der Waals surface area contributed by atoms with E-state index in [0.717, 1.165) is 18.2 Å². The molecular formula is C13H14F2N2O. The van der Waals surface area contributed by atoms with E-state index in [0.29, 0.717) is 5.69 Å². The van der Waals surface area contributed by atoms with Gasteiger partial charge in [0.1, 0.15) is 17.3 Å². The van der Waals surface area contributed by atoms with Gasteiger partial charge in [-0.25, -0.2) is 8.78 Å². The minimum absolute atomic E-state index is 0.0475. The third kappa shape index (κ3) is 2.08. The molecule has 18 heavy (non-hydrogen) atoms. The first-order valence-electron chi connectivity index (χ1n) is 5.64. The lowest BCUT2D eigenvalue weighted by Crippen LogP contribution is -2.04. The lowest BCUT2D eigenvalue weighted by atomic mass is 10.1. The summed E-state index contributed by atoms with van der Waals surface area (Å²) in [5.74, 6) is -1.43. The topological polar surface area (TPSA) is 38.1 Å². The largest absolute Gasteiger partial charge is 0.504 e. The van der Waals surface area contributed by atoms with Crippen LogP contribution in [0.5, 0.6) is 5.75 Å². The summed E-state index contributed by atoms with van der Waals surface area (Å²) in [6.45, 7) is 5.53. The third-order valence-corrected chi connectivity index (χ3v) is 2.74. The summed E-state index contributed by atoms with van der Waals surface area (Å²) in [7, 11) is 0. The second-order valence-electron chi connectivity index (χ2n) is 4.48. The molecule has 0 aliphatic rings. The number of hydrogen-bond donors (Lipinski definition) is 1. The average Bonchev–Trinajstić information content (AvgIpc) is 2.55. The predicted molar refractivity (Wildman–Crippen MR) is 64.4 cm³/mol. The highest BCUT2D eigenvalue weighted by Gasteiger charge is 2.18. The quantitative estimate of drug-likeness (QED) is 0.889. The second kappa shape index (κ2) is 4.40. The van der Waals surface area contributed by atoms with Gasteiger partial charge in [0, 0.05) is 17.7 Å². The smallest absolute Gasteiger partial charge is 0.164 e. The van der Waals surface area contributed by atoms with Gasteiger partial charge >= 0.3 is 0 Å². The molecule has 1 aromatic heterocycles. The van der Waals surface area contributed by atoms with Crippen molar-refractivity contribution in [2.45, 2.75) is 26.8 Å². The van der Waals surface area contributed by atoms with E-state index in [-0.39, 0.29) is 23.0 Å². The molecule has 0 saturated heterocycles. The van der Waals surface area contributed by atoms with Crippen molar-refractivity contribution in [3.8, 4) is 17.0 Å². The Bertz CT molecular complexity index is 571. The Labute approximate surface area is 104 Å². The Morgan fingerprint density at radius 3 is 2.17 bits per heavy atom. The first-order valence-corrected chi connectivity index (χ1v) is 5.64. The van der Waals surface area contributed by atoms with E-state index in [1.807, 2.05) is 13.8 Å². The maximum absolute atomic E-state index is 13.2. The van der Waals surface area contributed by atoms with Gasteiger partial charge in [-0.1, -0.05) is 0 Å². The molecular weight excluding hydrogens is 238 g/mol. The van der Waals surface area contributed by atoms with Crippen molar-refractivity contribution in [2.75, 3.05) is 0 Å². The fourth-order valence-corrected chi connectivity index (χ4v) is 1.90. The summed E-state index contributed by atoms with van der Waals surface area (Å²) in [5.41, 5.74) is 0.997. The standard InChI is InChI=1S/C13H14F2N2O/c1-7(2)17-8(3)13(18)12(16-17)9-4-10(14)6-11(15)5-9/h4-7,18H,1-3H3. The van der Waals surface area contributed by atoms with Crippen molar-refractivity contribution >= 4 is 0 Å². The molecule has 0 unspecified atom stereocenters. The van der Waals surface area contributed by atoms with Crippen LogP contribution in [-0.4, -0.2) is 14.9 Å². The lowest BCUT2D eigenvalue weighted by Gasteiger charge is -2.06. The molecule has 0 aliphatic heterocycles. The molecule has 0 radical (unpaired) electrons. The molecule has 0 bridgehead atoms. The summed E-state index contributed by atoms with van der Waals surface area (Å²) >= 11 is 0.